The monoisotopic (exact) mass is 289 g/mol. The Balaban J connectivity index is 2.28. The quantitative estimate of drug-likeness (QED) is 0.865. The Morgan fingerprint density at radius 2 is 2.33 bits per heavy atom. The predicted molar refractivity (Wildman–Crippen MR) is 76.7 cm³/mol. The van der Waals surface area contributed by atoms with Gasteiger partial charge >= 0.3 is 0 Å². The molecule has 1 unspecified atom stereocenters. The van der Waals surface area contributed by atoms with Gasteiger partial charge in [-0.15, -0.1) is 0 Å². The van der Waals surface area contributed by atoms with Crippen LogP contribution in [0.5, 0.6) is 0 Å². The highest BCUT2D eigenvalue weighted by Crippen LogP contribution is 2.17. The van der Waals surface area contributed by atoms with Crippen molar-refractivity contribution in [2.75, 3.05) is 24.7 Å². The van der Waals surface area contributed by atoms with Crippen LogP contribution in [0, 0.1) is 18.3 Å². The van der Waals surface area contributed by atoms with Crippen LogP contribution < -0.4 is 10.2 Å². The fourth-order valence-corrected chi connectivity index (χ4v) is 2.18. The van der Waals surface area contributed by atoms with Crippen LogP contribution in [0.4, 0.5) is 5.95 Å². The first-order chi connectivity index (χ1) is 10.0. The molecule has 7 nitrogen and oxygen atoms in total. The molecule has 0 radical (unpaired) electrons. The summed E-state index contributed by atoms with van der Waals surface area (Å²) in [7, 11) is 0. The molecule has 1 aromatic rings. The first-order valence-corrected chi connectivity index (χ1v) is 6.92. The molecule has 1 saturated heterocycles. The molecular weight excluding hydrogens is 270 g/mol. The molecule has 1 N–H and O–H groups in total. The minimum Gasteiger partial charge on any atom is -0.377 e. The Hall–Kier alpha value is -2.20. The number of aromatic nitrogens is 2. The molecule has 1 aromatic heterocycles. The maximum Gasteiger partial charge on any atom is 0.245 e. The molecule has 1 aliphatic heterocycles. The average molecular weight is 289 g/mol. The molecule has 21 heavy (non-hydrogen) atoms. The van der Waals surface area contributed by atoms with E-state index in [0.717, 1.165) is 0 Å². The summed E-state index contributed by atoms with van der Waals surface area (Å²) >= 11 is 0. The second kappa shape index (κ2) is 6.50. The molecule has 0 saturated carbocycles. The molecular formula is C14H19N5O2. The molecule has 1 amide bonds. The zero-order valence-electron chi connectivity index (χ0n) is 12.5. The number of nitrogens with zero attached hydrogens (tertiary/aromatic N) is 4. The van der Waals surface area contributed by atoms with Crippen LogP contribution in [0.1, 0.15) is 25.2 Å². The van der Waals surface area contributed by atoms with Crippen molar-refractivity contribution in [3.8, 4) is 6.07 Å². The van der Waals surface area contributed by atoms with Gasteiger partial charge in [0, 0.05) is 18.3 Å². The van der Waals surface area contributed by atoms with Gasteiger partial charge in [0.2, 0.25) is 11.9 Å². The number of amides is 1. The lowest BCUT2D eigenvalue weighted by Gasteiger charge is -2.35. The predicted octanol–water partition coefficient (Wildman–Crippen LogP) is 0.386. The summed E-state index contributed by atoms with van der Waals surface area (Å²) in [5.41, 5.74) is 0.998. The standard InChI is InChI=1S/C14H19N5O2/c1-9(2)16-13(20)12-8-21-5-4-19(12)14-17-10(3)6-11(7-15)18-14/h6,9,12H,4-5,8H2,1-3H3,(H,16,20). The smallest absolute Gasteiger partial charge is 0.245 e. The molecule has 1 aliphatic rings. The van der Waals surface area contributed by atoms with E-state index >= 15 is 0 Å². The number of morpholine rings is 1. The lowest BCUT2D eigenvalue weighted by atomic mass is 10.2. The van der Waals surface area contributed by atoms with E-state index in [2.05, 4.69) is 15.3 Å². The number of carbonyl (C=O) groups excluding carboxylic acids is 1. The molecule has 0 spiro atoms. The fraction of sp³-hybridized carbons (Fsp3) is 0.571. The highest BCUT2D eigenvalue weighted by atomic mass is 16.5. The van der Waals surface area contributed by atoms with Gasteiger partial charge in [0.15, 0.2) is 0 Å². The maximum absolute atomic E-state index is 12.3. The number of carbonyl (C=O) groups is 1. The van der Waals surface area contributed by atoms with Crippen LogP contribution in [0.25, 0.3) is 0 Å². The number of nitriles is 1. The van der Waals surface area contributed by atoms with Crippen molar-refractivity contribution < 1.29 is 9.53 Å². The number of aryl methyl sites for hydroxylation is 1. The van der Waals surface area contributed by atoms with Crippen molar-refractivity contribution in [3.63, 3.8) is 0 Å². The van der Waals surface area contributed by atoms with Gasteiger partial charge in [-0.3, -0.25) is 4.79 Å². The van der Waals surface area contributed by atoms with E-state index in [4.69, 9.17) is 10.00 Å². The molecule has 1 fully saturated rings. The molecule has 0 bridgehead atoms. The van der Waals surface area contributed by atoms with E-state index in [0.29, 0.717) is 30.5 Å². The van der Waals surface area contributed by atoms with Crippen molar-refractivity contribution in [1.29, 1.82) is 5.26 Å². The van der Waals surface area contributed by atoms with Crippen LogP contribution in [-0.4, -0.2) is 47.7 Å². The van der Waals surface area contributed by atoms with E-state index in [-0.39, 0.29) is 18.6 Å². The van der Waals surface area contributed by atoms with Gasteiger partial charge < -0.3 is 15.0 Å². The van der Waals surface area contributed by atoms with Gasteiger partial charge in [-0.25, -0.2) is 9.97 Å². The first kappa shape index (κ1) is 15.2. The molecule has 0 aliphatic carbocycles. The van der Waals surface area contributed by atoms with Crippen LogP contribution in [-0.2, 0) is 9.53 Å². The zero-order valence-corrected chi connectivity index (χ0v) is 12.5. The molecule has 112 valence electrons. The number of hydrogen-bond acceptors (Lipinski definition) is 6. The summed E-state index contributed by atoms with van der Waals surface area (Å²) in [6.07, 6.45) is 0. The summed E-state index contributed by atoms with van der Waals surface area (Å²) < 4.78 is 5.40. The second-order valence-corrected chi connectivity index (χ2v) is 5.25. The Kier molecular flexibility index (Phi) is 4.70. The minimum absolute atomic E-state index is 0.0503. The zero-order chi connectivity index (χ0) is 15.4. The van der Waals surface area contributed by atoms with Crippen LogP contribution in [0.2, 0.25) is 0 Å². The molecule has 0 aromatic carbocycles. The summed E-state index contributed by atoms with van der Waals surface area (Å²) in [4.78, 5) is 22.6. The van der Waals surface area contributed by atoms with Crippen LogP contribution >= 0.6 is 0 Å². The number of nitrogens with one attached hydrogen (secondary N) is 1. The molecule has 2 rings (SSSR count). The van der Waals surface area contributed by atoms with Gasteiger partial charge in [-0.1, -0.05) is 0 Å². The molecule has 2 heterocycles. The lowest BCUT2D eigenvalue weighted by Crippen LogP contribution is -2.55. The Labute approximate surface area is 123 Å². The van der Waals surface area contributed by atoms with Gasteiger partial charge in [0.1, 0.15) is 17.8 Å². The van der Waals surface area contributed by atoms with Crippen molar-refractivity contribution in [2.24, 2.45) is 0 Å². The van der Waals surface area contributed by atoms with E-state index < -0.39 is 6.04 Å². The summed E-state index contributed by atoms with van der Waals surface area (Å²) in [5, 5.41) is 11.9. The van der Waals surface area contributed by atoms with Crippen molar-refractivity contribution in [3.05, 3.63) is 17.5 Å². The number of ether oxygens (including phenoxy) is 1. The topological polar surface area (TPSA) is 91.1 Å². The number of hydrogen-bond donors (Lipinski definition) is 1. The second-order valence-electron chi connectivity index (χ2n) is 5.25. The van der Waals surface area contributed by atoms with Crippen molar-refractivity contribution >= 4 is 11.9 Å². The van der Waals surface area contributed by atoms with Gasteiger partial charge in [-0.2, -0.15) is 5.26 Å². The SMILES string of the molecule is Cc1cc(C#N)nc(N2CCOCC2C(=O)NC(C)C)n1. The maximum atomic E-state index is 12.3. The van der Waals surface area contributed by atoms with Gasteiger partial charge in [-0.05, 0) is 26.8 Å². The first-order valence-electron chi connectivity index (χ1n) is 6.92. The third kappa shape index (κ3) is 3.67. The van der Waals surface area contributed by atoms with E-state index in [1.165, 1.54) is 0 Å². The Morgan fingerprint density at radius 1 is 1.57 bits per heavy atom. The minimum atomic E-state index is -0.477. The van der Waals surface area contributed by atoms with Gasteiger partial charge in [0.05, 0.1) is 13.2 Å². The largest absolute Gasteiger partial charge is 0.377 e. The van der Waals surface area contributed by atoms with Crippen molar-refractivity contribution in [1.82, 2.24) is 15.3 Å². The van der Waals surface area contributed by atoms with E-state index in [1.54, 1.807) is 17.9 Å². The fourth-order valence-electron chi connectivity index (χ4n) is 2.18. The summed E-state index contributed by atoms with van der Waals surface area (Å²) in [6, 6.07) is 3.21. The number of anilines is 1. The normalized spacial score (nSPS) is 18.4. The lowest BCUT2D eigenvalue weighted by molar-refractivity contribution is -0.125. The van der Waals surface area contributed by atoms with Crippen molar-refractivity contribution in [2.45, 2.75) is 32.9 Å². The number of rotatable bonds is 3. The summed E-state index contributed by atoms with van der Waals surface area (Å²) in [6.45, 7) is 6.92. The van der Waals surface area contributed by atoms with E-state index in [1.807, 2.05) is 19.9 Å². The third-order valence-electron chi connectivity index (χ3n) is 3.08. The molecule has 7 heteroatoms. The third-order valence-corrected chi connectivity index (χ3v) is 3.08. The molecule has 1 atom stereocenters. The highest BCUT2D eigenvalue weighted by Gasteiger charge is 2.31. The Bertz CT molecular complexity index is 567. The Morgan fingerprint density at radius 3 is 3.00 bits per heavy atom. The van der Waals surface area contributed by atoms with E-state index in [9.17, 15) is 4.79 Å². The van der Waals surface area contributed by atoms with Gasteiger partial charge in [0.25, 0.3) is 0 Å². The average Bonchev–Trinajstić information content (AvgIpc) is 2.45. The highest BCUT2D eigenvalue weighted by molar-refractivity contribution is 5.85. The van der Waals surface area contributed by atoms with Crippen LogP contribution in [0.15, 0.2) is 6.07 Å². The van der Waals surface area contributed by atoms with Crippen LogP contribution in [0.3, 0.4) is 0 Å². The summed E-state index contributed by atoms with van der Waals surface area (Å²) in [5.74, 6) is 0.284.